The smallest absolute Gasteiger partial charge is 0.257 e. The number of nitrogens with zero attached hydrogens (tertiary/aromatic N) is 2. The molecule has 1 saturated heterocycles. The van der Waals surface area contributed by atoms with Crippen molar-refractivity contribution >= 4 is 54.2 Å². The number of anilines is 1. The van der Waals surface area contributed by atoms with Crippen LogP contribution in [0.25, 0.3) is 10.2 Å². The van der Waals surface area contributed by atoms with Gasteiger partial charge in [0, 0.05) is 18.7 Å². The first kappa shape index (κ1) is 23.0. The van der Waals surface area contributed by atoms with E-state index >= 15 is 0 Å². The summed E-state index contributed by atoms with van der Waals surface area (Å²) in [5.41, 5.74) is 0.911. The van der Waals surface area contributed by atoms with Crippen molar-refractivity contribution in [1.29, 1.82) is 0 Å². The van der Waals surface area contributed by atoms with Gasteiger partial charge in [-0.3, -0.25) is 10.1 Å². The van der Waals surface area contributed by atoms with Crippen LogP contribution in [0, 0.1) is 11.8 Å². The topological polar surface area (TPSA) is 88.6 Å². The number of carbonyl (C=O) groups is 1. The first-order chi connectivity index (χ1) is 15.2. The Kier molecular flexibility index (Phi) is 6.44. The zero-order valence-electron chi connectivity index (χ0n) is 18.0. The number of amides is 1. The number of hydrogen-bond acceptors (Lipinski definition) is 6. The molecule has 0 saturated carbocycles. The summed E-state index contributed by atoms with van der Waals surface area (Å²) in [7, 11) is -2.05. The maximum Gasteiger partial charge on any atom is 0.257 e. The highest BCUT2D eigenvalue weighted by molar-refractivity contribution is 7.89. The minimum atomic E-state index is -3.60. The molecule has 0 bridgehead atoms. The molecule has 1 fully saturated rings. The van der Waals surface area contributed by atoms with Crippen LogP contribution >= 0.6 is 22.9 Å². The number of aromatic nitrogens is 1. The van der Waals surface area contributed by atoms with Crippen LogP contribution in [-0.2, 0) is 10.0 Å². The van der Waals surface area contributed by atoms with Crippen LogP contribution in [0.15, 0.2) is 41.3 Å². The third-order valence-electron chi connectivity index (χ3n) is 5.49. The lowest BCUT2D eigenvalue weighted by Gasteiger charge is -2.34. The van der Waals surface area contributed by atoms with Gasteiger partial charge in [-0.15, -0.1) is 0 Å². The van der Waals surface area contributed by atoms with Crippen LogP contribution in [0.3, 0.4) is 0 Å². The molecule has 0 unspecified atom stereocenters. The second kappa shape index (κ2) is 8.97. The Bertz CT molecular complexity index is 1250. The normalized spacial score (nSPS) is 19.8. The Morgan fingerprint density at radius 1 is 1.16 bits per heavy atom. The van der Waals surface area contributed by atoms with Gasteiger partial charge in [0.15, 0.2) is 5.13 Å². The highest BCUT2D eigenvalue weighted by atomic mass is 35.5. The second-order valence-electron chi connectivity index (χ2n) is 8.19. The number of piperidine rings is 1. The van der Waals surface area contributed by atoms with Crippen LogP contribution in [-0.4, -0.2) is 43.8 Å². The van der Waals surface area contributed by atoms with Crippen LogP contribution < -0.4 is 10.1 Å². The first-order valence-corrected chi connectivity index (χ1v) is 12.9. The van der Waals surface area contributed by atoms with E-state index in [1.165, 1.54) is 35.6 Å². The van der Waals surface area contributed by atoms with Crippen LogP contribution in [0.5, 0.6) is 5.75 Å². The van der Waals surface area contributed by atoms with E-state index in [9.17, 15) is 13.2 Å². The molecule has 7 nitrogen and oxygen atoms in total. The summed E-state index contributed by atoms with van der Waals surface area (Å²) in [6, 6.07) is 9.42. The number of thiazole rings is 1. The SMILES string of the molecule is COc1ccc(Cl)c2sc(NC(=O)c3ccc(S(=O)(=O)N4C[C@H](C)C[C@H](C)C4)cc3)nc12. The third kappa shape index (κ3) is 4.47. The number of halogens is 1. The lowest BCUT2D eigenvalue weighted by atomic mass is 9.94. The predicted molar refractivity (Wildman–Crippen MR) is 127 cm³/mol. The summed E-state index contributed by atoms with van der Waals surface area (Å²) < 4.78 is 33.6. The van der Waals surface area contributed by atoms with E-state index in [0.29, 0.717) is 56.6 Å². The lowest BCUT2D eigenvalue weighted by molar-refractivity contribution is 0.102. The number of benzene rings is 2. The van der Waals surface area contributed by atoms with Gasteiger partial charge in [0.1, 0.15) is 11.3 Å². The number of ether oxygens (including phenoxy) is 1. The molecule has 2 heterocycles. The quantitative estimate of drug-likeness (QED) is 0.547. The summed E-state index contributed by atoms with van der Waals surface area (Å²) in [5, 5.41) is 3.66. The number of methoxy groups -OCH3 is 1. The Morgan fingerprint density at radius 3 is 2.44 bits per heavy atom. The standard InChI is InChI=1S/C22H24ClN3O4S2/c1-13-10-14(2)12-26(11-13)32(28,29)16-6-4-15(5-7-16)21(27)25-22-24-19-18(30-3)9-8-17(23)20(19)31-22/h4-9,13-14H,10-12H2,1-3H3,(H,24,25,27)/t13-,14+. The molecule has 10 heteroatoms. The van der Waals surface area contributed by atoms with E-state index in [1.807, 2.05) is 0 Å². The van der Waals surface area contributed by atoms with Gasteiger partial charge in [-0.05, 0) is 54.7 Å². The molecule has 1 amide bonds. The predicted octanol–water partition coefficient (Wildman–Crippen LogP) is 4.88. The molecule has 4 rings (SSSR count). The maximum absolute atomic E-state index is 13.0. The summed E-state index contributed by atoms with van der Waals surface area (Å²) in [6.07, 6.45) is 1.02. The van der Waals surface area contributed by atoms with E-state index in [1.54, 1.807) is 23.5 Å². The molecule has 0 spiro atoms. The van der Waals surface area contributed by atoms with Gasteiger partial charge in [-0.1, -0.05) is 36.8 Å². The highest BCUT2D eigenvalue weighted by Gasteiger charge is 2.31. The fourth-order valence-corrected chi connectivity index (χ4v) is 6.90. The van der Waals surface area contributed by atoms with Crippen molar-refractivity contribution in [2.75, 3.05) is 25.5 Å². The van der Waals surface area contributed by atoms with Gasteiger partial charge in [-0.25, -0.2) is 13.4 Å². The summed E-state index contributed by atoms with van der Waals surface area (Å²) in [4.78, 5) is 17.3. The van der Waals surface area contributed by atoms with Crippen molar-refractivity contribution in [3.63, 3.8) is 0 Å². The van der Waals surface area contributed by atoms with Gasteiger partial charge in [0.25, 0.3) is 5.91 Å². The van der Waals surface area contributed by atoms with Crippen molar-refractivity contribution in [3.05, 3.63) is 47.0 Å². The van der Waals surface area contributed by atoms with Crippen molar-refractivity contribution in [1.82, 2.24) is 9.29 Å². The van der Waals surface area contributed by atoms with E-state index < -0.39 is 10.0 Å². The number of sulfonamides is 1. The molecular weight excluding hydrogens is 470 g/mol. The van der Waals surface area contributed by atoms with E-state index in [2.05, 4.69) is 24.1 Å². The van der Waals surface area contributed by atoms with Gasteiger partial charge < -0.3 is 4.74 Å². The molecule has 2 atom stereocenters. The third-order valence-corrected chi connectivity index (χ3v) is 8.77. The van der Waals surface area contributed by atoms with Crippen molar-refractivity contribution < 1.29 is 17.9 Å². The summed E-state index contributed by atoms with van der Waals surface area (Å²) >= 11 is 7.48. The number of fused-ring (bicyclic) bond motifs is 1. The van der Waals surface area contributed by atoms with Crippen LogP contribution in [0.4, 0.5) is 5.13 Å². The molecule has 0 radical (unpaired) electrons. The Morgan fingerprint density at radius 2 is 1.81 bits per heavy atom. The van der Waals surface area contributed by atoms with Crippen LogP contribution in [0.1, 0.15) is 30.6 Å². The summed E-state index contributed by atoms with van der Waals surface area (Å²) in [5.74, 6) is 0.819. The first-order valence-electron chi connectivity index (χ1n) is 10.2. The molecule has 32 heavy (non-hydrogen) atoms. The molecule has 1 aliphatic heterocycles. The highest BCUT2D eigenvalue weighted by Crippen LogP contribution is 2.37. The van der Waals surface area contributed by atoms with Gasteiger partial charge in [0.2, 0.25) is 10.0 Å². The molecule has 170 valence electrons. The Balaban J connectivity index is 1.52. The summed E-state index contributed by atoms with van der Waals surface area (Å²) in [6.45, 7) is 5.16. The number of carbonyl (C=O) groups excluding carboxylic acids is 1. The minimum absolute atomic E-state index is 0.187. The van der Waals surface area contributed by atoms with Crippen molar-refractivity contribution in [2.24, 2.45) is 11.8 Å². The fraction of sp³-hybridized carbons (Fsp3) is 0.364. The molecule has 1 N–H and O–H groups in total. The van der Waals surface area contributed by atoms with E-state index in [0.717, 1.165) is 6.42 Å². The average molecular weight is 494 g/mol. The average Bonchev–Trinajstić information content (AvgIpc) is 3.18. The monoisotopic (exact) mass is 493 g/mol. The zero-order chi connectivity index (χ0) is 23.0. The molecule has 1 aromatic heterocycles. The largest absolute Gasteiger partial charge is 0.494 e. The van der Waals surface area contributed by atoms with Crippen molar-refractivity contribution in [2.45, 2.75) is 25.2 Å². The molecule has 3 aromatic rings. The van der Waals surface area contributed by atoms with Gasteiger partial charge in [0.05, 0.1) is 21.7 Å². The maximum atomic E-state index is 13.0. The number of rotatable bonds is 5. The molecular formula is C22H24ClN3O4S2. The number of nitrogens with one attached hydrogen (secondary N) is 1. The van der Waals surface area contributed by atoms with Crippen LogP contribution in [0.2, 0.25) is 5.02 Å². The van der Waals surface area contributed by atoms with Gasteiger partial charge >= 0.3 is 0 Å². The van der Waals surface area contributed by atoms with E-state index in [4.69, 9.17) is 16.3 Å². The fourth-order valence-electron chi connectivity index (χ4n) is 4.07. The Hall–Kier alpha value is -2.20. The molecule has 1 aliphatic rings. The van der Waals surface area contributed by atoms with Crippen molar-refractivity contribution in [3.8, 4) is 5.75 Å². The second-order valence-corrected chi connectivity index (χ2v) is 11.5. The van der Waals surface area contributed by atoms with Gasteiger partial charge in [-0.2, -0.15) is 4.31 Å². The minimum Gasteiger partial charge on any atom is -0.494 e. The Labute approximate surface area is 196 Å². The van der Waals surface area contributed by atoms with E-state index in [-0.39, 0.29) is 10.8 Å². The lowest BCUT2D eigenvalue weighted by Crippen LogP contribution is -2.42. The molecule has 0 aliphatic carbocycles. The zero-order valence-corrected chi connectivity index (χ0v) is 20.4. The molecule has 2 aromatic carbocycles. The number of hydrogen-bond donors (Lipinski definition) is 1.